The summed E-state index contributed by atoms with van der Waals surface area (Å²) < 4.78 is 2.43. The molecule has 0 aromatic carbocycles. The number of rotatable bonds is 2. The van der Waals surface area contributed by atoms with E-state index in [1.807, 2.05) is 25.5 Å². The van der Waals surface area contributed by atoms with Crippen molar-refractivity contribution in [1.82, 2.24) is 19.7 Å². The summed E-state index contributed by atoms with van der Waals surface area (Å²) in [6.07, 6.45) is 4.98. The van der Waals surface area contributed by atoms with Gasteiger partial charge in [0.15, 0.2) is 0 Å². The van der Waals surface area contributed by atoms with Crippen LogP contribution in [0.4, 0.5) is 0 Å². The van der Waals surface area contributed by atoms with Crippen LogP contribution in [-0.2, 0) is 7.05 Å². The average Bonchev–Trinajstić information content (AvgIpc) is 2.71. The molecule has 18 heavy (non-hydrogen) atoms. The molecule has 0 aliphatic heterocycles. The van der Waals surface area contributed by atoms with Crippen LogP contribution in [0.2, 0.25) is 0 Å². The standard InChI is InChI=1S/C13H16N4S/c1-13(2)5-9(13)12-15-10(4-11(18)16-12)8-6-14-17(3)7-8/h4,6-7,9H,5H2,1-3H3,(H,15,16,18). The van der Waals surface area contributed by atoms with E-state index in [2.05, 4.69) is 28.9 Å². The number of aromatic nitrogens is 4. The maximum Gasteiger partial charge on any atom is 0.130 e. The number of nitrogens with one attached hydrogen (secondary N) is 1. The summed E-state index contributed by atoms with van der Waals surface area (Å²) in [5, 5.41) is 4.18. The Morgan fingerprint density at radius 3 is 2.78 bits per heavy atom. The highest BCUT2D eigenvalue weighted by atomic mass is 32.1. The van der Waals surface area contributed by atoms with Crippen molar-refractivity contribution in [1.29, 1.82) is 0 Å². The van der Waals surface area contributed by atoms with Gasteiger partial charge >= 0.3 is 0 Å². The van der Waals surface area contributed by atoms with Crippen molar-refractivity contribution in [2.24, 2.45) is 12.5 Å². The van der Waals surface area contributed by atoms with Crippen molar-refractivity contribution in [3.63, 3.8) is 0 Å². The molecule has 1 aliphatic carbocycles. The van der Waals surface area contributed by atoms with Crippen molar-refractivity contribution in [3.8, 4) is 11.3 Å². The van der Waals surface area contributed by atoms with E-state index in [1.54, 1.807) is 4.68 Å². The van der Waals surface area contributed by atoms with Gasteiger partial charge in [-0.05, 0) is 17.9 Å². The van der Waals surface area contributed by atoms with Crippen LogP contribution < -0.4 is 0 Å². The molecule has 3 rings (SSSR count). The van der Waals surface area contributed by atoms with Gasteiger partial charge in [-0.1, -0.05) is 26.1 Å². The number of hydrogen-bond donors (Lipinski definition) is 1. The second-order valence-corrected chi connectivity index (χ2v) is 6.08. The first-order chi connectivity index (χ1) is 8.45. The van der Waals surface area contributed by atoms with Crippen LogP contribution in [0.1, 0.15) is 32.0 Å². The lowest BCUT2D eigenvalue weighted by molar-refractivity contribution is 0.608. The summed E-state index contributed by atoms with van der Waals surface area (Å²) in [5.41, 5.74) is 2.39. The molecule has 1 aliphatic rings. The van der Waals surface area contributed by atoms with Crippen LogP contribution in [0.5, 0.6) is 0 Å². The molecule has 2 aromatic heterocycles. The first-order valence-corrected chi connectivity index (χ1v) is 6.47. The van der Waals surface area contributed by atoms with Gasteiger partial charge in [-0.2, -0.15) is 5.10 Å². The van der Waals surface area contributed by atoms with Gasteiger partial charge in [0.1, 0.15) is 10.5 Å². The Morgan fingerprint density at radius 1 is 1.50 bits per heavy atom. The third kappa shape index (κ3) is 1.99. The highest BCUT2D eigenvalue weighted by Gasteiger charge is 2.48. The summed E-state index contributed by atoms with van der Waals surface area (Å²) in [7, 11) is 1.91. The summed E-state index contributed by atoms with van der Waals surface area (Å²) >= 11 is 5.26. The van der Waals surface area contributed by atoms with Gasteiger partial charge in [0.05, 0.1) is 11.9 Å². The normalized spacial score (nSPS) is 20.9. The van der Waals surface area contributed by atoms with E-state index in [-0.39, 0.29) is 0 Å². The zero-order valence-corrected chi connectivity index (χ0v) is 11.6. The second kappa shape index (κ2) is 3.75. The largest absolute Gasteiger partial charge is 0.343 e. The molecule has 1 N–H and O–H groups in total. The van der Waals surface area contributed by atoms with Gasteiger partial charge in [-0.25, -0.2) is 4.98 Å². The lowest BCUT2D eigenvalue weighted by atomic mass is 10.1. The predicted octanol–water partition coefficient (Wildman–Crippen LogP) is 3.05. The summed E-state index contributed by atoms with van der Waals surface area (Å²) in [4.78, 5) is 7.86. The molecule has 0 bridgehead atoms. The molecule has 1 atom stereocenters. The lowest BCUT2D eigenvalue weighted by Crippen LogP contribution is -1.99. The topological polar surface area (TPSA) is 46.5 Å². The molecular weight excluding hydrogens is 244 g/mol. The molecule has 0 saturated heterocycles. The Labute approximate surface area is 111 Å². The molecule has 4 nitrogen and oxygen atoms in total. The van der Waals surface area contributed by atoms with Gasteiger partial charge in [0.25, 0.3) is 0 Å². The first-order valence-electron chi connectivity index (χ1n) is 6.06. The molecular formula is C13H16N4S. The van der Waals surface area contributed by atoms with Crippen molar-refractivity contribution in [3.05, 3.63) is 28.9 Å². The molecule has 1 unspecified atom stereocenters. The van der Waals surface area contributed by atoms with E-state index in [1.165, 1.54) is 6.42 Å². The third-order valence-electron chi connectivity index (χ3n) is 3.62. The number of hydrogen-bond acceptors (Lipinski definition) is 3. The summed E-state index contributed by atoms with van der Waals surface area (Å²) in [6.45, 7) is 4.51. The van der Waals surface area contributed by atoms with Crippen LogP contribution in [-0.4, -0.2) is 19.7 Å². The average molecular weight is 260 g/mol. The maximum atomic E-state index is 5.26. The van der Waals surface area contributed by atoms with E-state index < -0.39 is 0 Å². The van der Waals surface area contributed by atoms with Gasteiger partial charge in [0.2, 0.25) is 0 Å². The second-order valence-electron chi connectivity index (χ2n) is 5.67. The predicted molar refractivity (Wildman–Crippen MR) is 72.8 cm³/mol. The Hall–Kier alpha value is -1.49. The van der Waals surface area contributed by atoms with E-state index in [9.17, 15) is 0 Å². The number of aromatic amines is 1. The quantitative estimate of drug-likeness (QED) is 0.844. The number of nitrogens with zero attached hydrogens (tertiary/aromatic N) is 3. The molecule has 0 spiro atoms. The minimum atomic E-state index is 0.346. The Bertz CT molecular complexity index is 653. The number of aryl methyl sites for hydroxylation is 1. The van der Waals surface area contributed by atoms with Crippen molar-refractivity contribution < 1.29 is 0 Å². The van der Waals surface area contributed by atoms with E-state index in [0.717, 1.165) is 17.1 Å². The van der Waals surface area contributed by atoms with Crippen molar-refractivity contribution in [2.45, 2.75) is 26.2 Å². The van der Waals surface area contributed by atoms with Gasteiger partial charge in [-0.15, -0.1) is 0 Å². The van der Waals surface area contributed by atoms with Crippen LogP contribution in [0.15, 0.2) is 18.5 Å². The van der Waals surface area contributed by atoms with Gasteiger partial charge in [0, 0.05) is 24.7 Å². The van der Waals surface area contributed by atoms with E-state index in [0.29, 0.717) is 16.0 Å². The molecule has 1 fully saturated rings. The minimum absolute atomic E-state index is 0.346. The summed E-state index contributed by atoms with van der Waals surface area (Å²) in [5.74, 6) is 1.50. The van der Waals surface area contributed by atoms with E-state index in [4.69, 9.17) is 12.2 Å². The third-order valence-corrected chi connectivity index (χ3v) is 3.83. The zero-order chi connectivity index (χ0) is 12.9. The monoisotopic (exact) mass is 260 g/mol. The highest BCUT2D eigenvalue weighted by Crippen LogP contribution is 2.57. The fourth-order valence-electron chi connectivity index (χ4n) is 2.29. The molecule has 2 aromatic rings. The van der Waals surface area contributed by atoms with E-state index >= 15 is 0 Å². The molecule has 94 valence electrons. The molecule has 0 amide bonds. The fraction of sp³-hybridized carbons (Fsp3) is 0.462. The Kier molecular flexibility index (Phi) is 2.41. The Balaban J connectivity index is 2.04. The molecule has 2 heterocycles. The summed E-state index contributed by atoms with van der Waals surface area (Å²) in [6, 6.07) is 1.89. The minimum Gasteiger partial charge on any atom is -0.343 e. The van der Waals surface area contributed by atoms with Crippen LogP contribution in [0.25, 0.3) is 11.3 Å². The van der Waals surface area contributed by atoms with Gasteiger partial charge < -0.3 is 4.98 Å². The lowest BCUT2D eigenvalue weighted by Gasteiger charge is -2.06. The van der Waals surface area contributed by atoms with Crippen molar-refractivity contribution >= 4 is 12.2 Å². The van der Waals surface area contributed by atoms with Crippen LogP contribution in [0.3, 0.4) is 0 Å². The molecule has 0 radical (unpaired) electrons. The molecule has 1 saturated carbocycles. The highest BCUT2D eigenvalue weighted by molar-refractivity contribution is 7.71. The van der Waals surface area contributed by atoms with Crippen molar-refractivity contribution in [2.75, 3.05) is 0 Å². The fourth-order valence-corrected chi connectivity index (χ4v) is 2.51. The SMILES string of the molecule is Cn1cc(-c2cc(=S)nc(C3CC3(C)C)[nH]2)cn1. The van der Waals surface area contributed by atoms with Crippen LogP contribution >= 0.6 is 12.2 Å². The Morgan fingerprint density at radius 2 is 2.22 bits per heavy atom. The van der Waals surface area contributed by atoms with Gasteiger partial charge in [-0.3, -0.25) is 4.68 Å². The first kappa shape index (κ1) is 11.6. The van der Waals surface area contributed by atoms with Crippen LogP contribution in [0, 0.1) is 10.1 Å². The molecule has 5 heteroatoms. The maximum absolute atomic E-state index is 5.26. The zero-order valence-electron chi connectivity index (χ0n) is 10.8. The smallest absolute Gasteiger partial charge is 0.130 e. The number of H-pyrrole nitrogens is 1.